The Morgan fingerprint density at radius 3 is 2.68 bits per heavy atom. The standard InChI is InChI=1S/C13H20N2O2S.ClH/c1-17-9-7-14-11-13(16)15-8-10-18-12-5-3-2-4-6-12;/h2-6,14H,7-11H2,1H3,(H,15,16);1H. The quantitative estimate of drug-likeness (QED) is 0.537. The van der Waals surface area contributed by atoms with Gasteiger partial charge < -0.3 is 15.4 Å². The van der Waals surface area contributed by atoms with E-state index in [1.54, 1.807) is 18.9 Å². The molecule has 0 bridgehead atoms. The van der Waals surface area contributed by atoms with Crippen LogP contribution in [0.4, 0.5) is 0 Å². The van der Waals surface area contributed by atoms with Gasteiger partial charge in [-0.3, -0.25) is 4.79 Å². The molecule has 0 aliphatic heterocycles. The zero-order valence-electron chi connectivity index (χ0n) is 11.1. The molecule has 1 amide bonds. The maximum Gasteiger partial charge on any atom is 0.233 e. The maximum absolute atomic E-state index is 11.4. The van der Waals surface area contributed by atoms with E-state index < -0.39 is 0 Å². The molecule has 0 fully saturated rings. The number of hydrogen-bond donors (Lipinski definition) is 2. The third-order valence-corrected chi connectivity index (χ3v) is 3.22. The second kappa shape index (κ2) is 12.3. The number of ether oxygens (including phenoxy) is 1. The van der Waals surface area contributed by atoms with Crippen molar-refractivity contribution >= 4 is 30.1 Å². The molecule has 108 valence electrons. The fourth-order valence-corrected chi connectivity index (χ4v) is 2.10. The number of thioether (sulfide) groups is 1. The molecule has 0 saturated heterocycles. The minimum Gasteiger partial charge on any atom is -0.383 e. The third-order valence-electron chi connectivity index (χ3n) is 2.20. The van der Waals surface area contributed by atoms with Crippen molar-refractivity contribution in [2.45, 2.75) is 4.90 Å². The highest BCUT2D eigenvalue weighted by Crippen LogP contribution is 2.15. The fraction of sp³-hybridized carbons (Fsp3) is 0.462. The SMILES string of the molecule is COCCNCC(=O)NCCSc1ccccc1.Cl. The summed E-state index contributed by atoms with van der Waals surface area (Å²) < 4.78 is 4.87. The summed E-state index contributed by atoms with van der Waals surface area (Å²) in [4.78, 5) is 12.6. The van der Waals surface area contributed by atoms with Crippen LogP contribution in [0.1, 0.15) is 0 Å². The molecular weight excluding hydrogens is 284 g/mol. The van der Waals surface area contributed by atoms with Crippen molar-refractivity contribution in [2.75, 3.05) is 39.1 Å². The van der Waals surface area contributed by atoms with E-state index in [9.17, 15) is 4.79 Å². The van der Waals surface area contributed by atoms with Crippen LogP contribution in [0.25, 0.3) is 0 Å². The molecule has 0 atom stereocenters. The van der Waals surface area contributed by atoms with E-state index in [-0.39, 0.29) is 18.3 Å². The van der Waals surface area contributed by atoms with Crippen molar-refractivity contribution in [1.29, 1.82) is 0 Å². The first-order chi connectivity index (χ1) is 8.83. The lowest BCUT2D eigenvalue weighted by atomic mass is 10.4. The number of methoxy groups -OCH3 is 1. The minimum absolute atomic E-state index is 0. The number of nitrogens with one attached hydrogen (secondary N) is 2. The first-order valence-corrected chi connectivity index (χ1v) is 6.95. The van der Waals surface area contributed by atoms with Crippen LogP contribution in [0, 0.1) is 0 Å². The van der Waals surface area contributed by atoms with Crippen molar-refractivity contribution in [3.8, 4) is 0 Å². The van der Waals surface area contributed by atoms with E-state index in [1.807, 2.05) is 18.2 Å². The average molecular weight is 305 g/mol. The molecule has 1 aromatic carbocycles. The van der Waals surface area contributed by atoms with Crippen LogP contribution < -0.4 is 10.6 Å². The molecule has 0 spiro atoms. The molecule has 0 aliphatic rings. The van der Waals surface area contributed by atoms with Crippen LogP contribution in [0.15, 0.2) is 35.2 Å². The van der Waals surface area contributed by atoms with Crippen molar-refractivity contribution in [1.82, 2.24) is 10.6 Å². The largest absolute Gasteiger partial charge is 0.383 e. The van der Waals surface area contributed by atoms with Crippen molar-refractivity contribution in [3.05, 3.63) is 30.3 Å². The highest BCUT2D eigenvalue weighted by Gasteiger charge is 1.99. The lowest BCUT2D eigenvalue weighted by Crippen LogP contribution is -2.36. The van der Waals surface area contributed by atoms with Gasteiger partial charge in [-0.2, -0.15) is 0 Å². The number of rotatable bonds is 9. The molecule has 1 rings (SSSR count). The van der Waals surface area contributed by atoms with Crippen LogP contribution in [0.5, 0.6) is 0 Å². The minimum atomic E-state index is 0. The molecule has 0 heterocycles. The van der Waals surface area contributed by atoms with Crippen LogP contribution in [0.2, 0.25) is 0 Å². The molecule has 4 nitrogen and oxygen atoms in total. The highest BCUT2D eigenvalue weighted by atomic mass is 35.5. The molecule has 0 aromatic heterocycles. The van der Waals surface area contributed by atoms with E-state index in [2.05, 4.69) is 22.8 Å². The number of carbonyl (C=O) groups excluding carboxylic acids is 1. The normalized spacial score (nSPS) is 9.74. The first kappa shape index (κ1) is 18.2. The summed E-state index contributed by atoms with van der Waals surface area (Å²) in [6.07, 6.45) is 0. The maximum atomic E-state index is 11.4. The summed E-state index contributed by atoms with van der Waals surface area (Å²) in [7, 11) is 1.64. The van der Waals surface area contributed by atoms with Gasteiger partial charge in [-0.15, -0.1) is 24.2 Å². The van der Waals surface area contributed by atoms with Crippen LogP contribution in [-0.2, 0) is 9.53 Å². The molecule has 0 aliphatic carbocycles. The number of halogens is 1. The zero-order valence-corrected chi connectivity index (χ0v) is 12.7. The number of hydrogen-bond acceptors (Lipinski definition) is 4. The Balaban J connectivity index is 0.00000324. The molecule has 6 heteroatoms. The van der Waals surface area contributed by atoms with Crippen molar-refractivity contribution in [2.24, 2.45) is 0 Å². The number of amides is 1. The molecule has 0 radical (unpaired) electrons. The van der Waals surface area contributed by atoms with E-state index in [0.29, 0.717) is 26.2 Å². The number of benzene rings is 1. The number of carbonyl (C=O) groups is 1. The first-order valence-electron chi connectivity index (χ1n) is 5.97. The summed E-state index contributed by atoms with van der Waals surface area (Å²) in [5, 5.41) is 5.87. The average Bonchev–Trinajstić information content (AvgIpc) is 2.41. The molecular formula is C13H21ClN2O2S. The van der Waals surface area contributed by atoms with Gasteiger partial charge in [0.25, 0.3) is 0 Å². The smallest absolute Gasteiger partial charge is 0.233 e. The van der Waals surface area contributed by atoms with Gasteiger partial charge in [-0.05, 0) is 12.1 Å². The van der Waals surface area contributed by atoms with Crippen molar-refractivity contribution in [3.63, 3.8) is 0 Å². The summed E-state index contributed by atoms with van der Waals surface area (Å²) >= 11 is 1.74. The lowest BCUT2D eigenvalue weighted by Gasteiger charge is -2.06. The van der Waals surface area contributed by atoms with Crippen LogP contribution in [0.3, 0.4) is 0 Å². The van der Waals surface area contributed by atoms with Crippen molar-refractivity contribution < 1.29 is 9.53 Å². The predicted octanol–water partition coefficient (Wildman–Crippen LogP) is 1.55. The molecule has 0 unspecified atom stereocenters. The summed E-state index contributed by atoms with van der Waals surface area (Å²) in [5.74, 6) is 0.910. The molecule has 0 saturated carbocycles. The predicted molar refractivity (Wildman–Crippen MR) is 82.2 cm³/mol. The molecule has 2 N–H and O–H groups in total. The van der Waals surface area contributed by atoms with Gasteiger partial charge in [0.2, 0.25) is 5.91 Å². The Hall–Kier alpha value is -0.750. The summed E-state index contributed by atoms with van der Waals surface area (Å²) in [5.41, 5.74) is 0. The monoisotopic (exact) mass is 304 g/mol. The Morgan fingerprint density at radius 2 is 2.00 bits per heavy atom. The van der Waals surface area contributed by atoms with Gasteiger partial charge in [0.1, 0.15) is 0 Å². The summed E-state index contributed by atoms with van der Waals surface area (Å²) in [6.45, 7) is 2.35. The van der Waals surface area contributed by atoms with Gasteiger partial charge in [0.15, 0.2) is 0 Å². The van der Waals surface area contributed by atoms with Crippen LogP contribution in [-0.4, -0.2) is 45.0 Å². The van der Waals surface area contributed by atoms with Gasteiger partial charge in [0, 0.05) is 30.8 Å². The van der Waals surface area contributed by atoms with Gasteiger partial charge in [-0.25, -0.2) is 0 Å². The molecule has 19 heavy (non-hydrogen) atoms. The topological polar surface area (TPSA) is 50.4 Å². The Kier molecular flexibility index (Phi) is 11.8. The van der Waals surface area contributed by atoms with Gasteiger partial charge in [-0.1, -0.05) is 18.2 Å². The third kappa shape index (κ3) is 9.78. The second-order valence-corrected chi connectivity index (χ2v) is 4.85. The Morgan fingerprint density at radius 1 is 1.26 bits per heavy atom. The second-order valence-electron chi connectivity index (χ2n) is 3.68. The van der Waals surface area contributed by atoms with E-state index in [1.165, 1.54) is 4.90 Å². The Bertz CT molecular complexity index is 339. The van der Waals surface area contributed by atoms with Crippen LogP contribution >= 0.6 is 24.2 Å². The van der Waals surface area contributed by atoms with E-state index >= 15 is 0 Å². The highest BCUT2D eigenvalue weighted by molar-refractivity contribution is 7.99. The van der Waals surface area contributed by atoms with Gasteiger partial charge >= 0.3 is 0 Å². The lowest BCUT2D eigenvalue weighted by molar-refractivity contribution is -0.120. The zero-order chi connectivity index (χ0) is 13.1. The van der Waals surface area contributed by atoms with E-state index in [0.717, 1.165) is 5.75 Å². The fourth-order valence-electron chi connectivity index (χ4n) is 1.31. The van der Waals surface area contributed by atoms with Gasteiger partial charge in [0.05, 0.1) is 13.2 Å². The molecule has 1 aromatic rings. The summed E-state index contributed by atoms with van der Waals surface area (Å²) in [6, 6.07) is 10.2. The van der Waals surface area contributed by atoms with E-state index in [4.69, 9.17) is 4.74 Å². The Labute approximate surface area is 125 Å².